The van der Waals surface area contributed by atoms with Crippen molar-refractivity contribution in [3.05, 3.63) is 108 Å². The monoisotopic (exact) mass is 490 g/mol. The molecule has 3 aromatic rings. The molecular weight excluding hydrogens is 460 g/mol. The highest BCUT2D eigenvalue weighted by molar-refractivity contribution is 5.90. The van der Waals surface area contributed by atoms with Crippen molar-refractivity contribution in [3.63, 3.8) is 0 Å². The van der Waals surface area contributed by atoms with Crippen molar-refractivity contribution in [1.82, 2.24) is 10.6 Å². The summed E-state index contributed by atoms with van der Waals surface area (Å²) in [4.78, 5) is 37.3. The van der Waals surface area contributed by atoms with Crippen LogP contribution in [-0.4, -0.2) is 43.8 Å². The first-order valence-corrected chi connectivity index (χ1v) is 11.6. The maximum atomic E-state index is 12.8. The second-order valence-electron chi connectivity index (χ2n) is 8.01. The first-order chi connectivity index (χ1) is 17.6. The molecule has 0 aliphatic carbocycles. The number of ether oxygens (including phenoxy) is 3. The zero-order chi connectivity index (χ0) is 25.4. The summed E-state index contributed by atoms with van der Waals surface area (Å²) >= 11 is 0. The molecule has 36 heavy (non-hydrogen) atoms. The standard InChI is InChI=1S/C28H30N2O6/c31-25(20-35-21-34-18-23-12-6-2-7-13-23)17-29-27(32)26(16-22-10-4-1-5-11-22)30-28(33)36-19-24-14-8-3-9-15-24/h1-15,26H,16-21H2,(H,29,32)(H,30,33)/t26-/m0/s1. The molecule has 0 bridgehead atoms. The summed E-state index contributed by atoms with van der Waals surface area (Å²) in [6.07, 6.45) is -0.481. The van der Waals surface area contributed by atoms with E-state index in [4.69, 9.17) is 14.2 Å². The van der Waals surface area contributed by atoms with Gasteiger partial charge in [0.05, 0.1) is 13.2 Å². The SMILES string of the molecule is O=C(CNC(=O)[C@H](Cc1ccccc1)NC(=O)OCc1ccccc1)COCOCc1ccccc1. The van der Waals surface area contributed by atoms with Crippen molar-refractivity contribution in [1.29, 1.82) is 0 Å². The summed E-state index contributed by atoms with van der Waals surface area (Å²) in [6.45, 7) is -0.0258. The number of alkyl carbamates (subject to hydrolysis) is 1. The Hall–Kier alpha value is -4.01. The molecule has 8 nitrogen and oxygen atoms in total. The van der Waals surface area contributed by atoms with Gasteiger partial charge in [0, 0.05) is 6.42 Å². The van der Waals surface area contributed by atoms with Gasteiger partial charge in [0.1, 0.15) is 26.0 Å². The third-order valence-electron chi connectivity index (χ3n) is 5.11. The Balaban J connectivity index is 1.42. The topological polar surface area (TPSA) is 103 Å². The summed E-state index contributed by atoms with van der Waals surface area (Å²) in [5, 5.41) is 5.17. The number of nitrogens with one attached hydrogen (secondary N) is 2. The lowest BCUT2D eigenvalue weighted by atomic mass is 10.1. The van der Waals surface area contributed by atoms with E-state index in [1.165, 1.54) is 0 Å². The van der Waals surface area contributed by atoms with Gasteiger partial charge in [-0.15, -0.1) is 0 Å². The van der Waals surface area contributed by atoms with E-state index in [2.05, 4.69) is 10.6 Å². The van der Waals surface area contributed by atoms with Crippen molar-refractivity contribution in [2.45, 2.75) is 25.7 Å². The molecule has 0 aromatic heterocycles. The Kier molecular flexibility index (Phi) is 11.1. The molecule has 0 unspecified atom stereocenters. The van der Waals surface area contributed by atoms with Crippen molar-refractivity contribution < 1.29 is 28.6 Å². The second kappa shape index (κ2) is 15.1. The highest BCUT2D eigenvalue weighted by atomic mass is 16.7. The number of carbonyl (C=O) groups is 3. The van der Waals surface area contributed by atoms with E-state index in [0.717, 1.165) is 16.7 Å². The van der Waals surface area contributed by atoms with Gasteiger partial charge in [-0.1, -0.05) is 91.0 Å². The number of amides is 2. The van der Waals surface area contributed by atoms with Crippen LogP contribution in [0.15, 0.2) is 91.0 Å². The Bertz CT molecular complexity index is 1080. The van der Waals surface area contributed by atoms with Gasteiger partial charge in [-0.25, -0.2) is 4.79 Å². The highest BCUT2D eigenvalue weighted by Gasteiger charge is 2.22. The normalized spacial score (nSPS) is 11.3. The largest absolute Gasteiger partial charge is 0.445 e. The molecule has 0 saturated carbocycles. The van der Waals surface area contributed by atoms with Gasteiger partial charge in [-0.3, -0.25) is 9.59 Å². The molecule has 0 aliphatic rings. The molecule has 0 aliphatic heterocycles. The minimum Gasteiger partial charge on any atom is -0.445 e. The third-order valence-corrected chi connectivity index (χ3v) is 5.11. The average Bonchev–Trinajstić information content (AvgIpc) is 2.92. The Labute approximate surface area is 210 Å². The zero-order valence-corrected chi connectivity index (χ0v) is 19.9. The molecule has 0 heterocycles. The van der Waals surface area contributed by atoms with Crippen LogP contribution in [0.2, 0.25) is 0 Å². The van der Waals surface area contributed by atoms with Crippen molar-refractivity contribution in [2.75, 3.05) is 19.9 Å². The van der Waals surface area contributed by atoms with E-state index in [0.29, 0.717) is 6.61 Å². The van der Waals surface area contributed by atoms with Gasteiger partial charge < -0.3 is 24.8 Å². The van der Waals surface area contributed by atoms with E-state index in [9.17, 15) is 14.4 Å². The number of hydrogen-bond acceptors (Lipinski definition) is 6. The van der Waals surface area contributed by atoms with Crippen LogP contribution in [0.5, 0.6) is 0 Å². The number of ketones is 1. The van der Waals surface area contributed by atoms with E-state index in [1.54, 1.807) is 0 Å². The molecule has 0 radical (unpaired) electrons. The zero-order valence-electron chi connectivity index (χ0n) is 19.9. The fourth-order valence-corrected chi connectivity index (χ4v) is 3.27. The molecule has 8 heteroatoms. The molecule has 2 amide bonds. The molecule has 1 atom stereocenters. The van der Waals surface area contributed by atoms with Gasteiger partial charge in [0.25, 0.3) is 0 Å². The van der Waals surface area contributed by atoms with Crippen LogP contribution in [0.4, 0.5) is 4.79 Å². The van der Waals surface area contributed by atoms with Gasteiger partial charge in [-0.05, 0) is 16.7 Å². The van der Waals surface area contributed by atoms with Gasteiger partial charge in [-0.2, -0.15) is 0 Å². The van der Waals surface area contributed by atoms with Crippen LogP contribution in [-0.2, 0) is 43.4 Å². The number of Topliss-reactive ketones (excluding diaryl/α,β-unsaturated/α-hetero) is 1. The Morgan fingerprint density at radius 2 is 1.25 bits per heavy atom. The molecule has 188 valence electrons. The number of hydrogen-bond donors (Lipinski definition) is 2. The first-order valence-electron chi connectivity index (χ1n) is 11.6. The van der Waals surface area contributed by atoms with Crippen LogP contribution in [0.3, 0.4) is 0 Å². The van der Waals surface area contributed by atoms with Gasteiger partial charge in [0.15, 0.2) is 5.78 Å². The van der Waals surface area contributed by atoms with E-state index >= 15 is 0 Å². The quantitative estimate of drug-likeness (QED) is 0.265. The van der Waals surface area contributed by atoms with E-state index in [1.807, 2.05) is 91.0 Å². The van der Waals surface area contributed by atoms with Crippen LogP contribution in [0, 0.1) is 0 Å². The molecule has 0 fully saturated rings. The maximum Gasteiger partial charge on any atom is 0.408 e. The van der Waals surface area contributed by atoms with E-state index in [-0.39, 0.29) is 38.8 Å². The highest BCUT2D eigenvalue weighted by Crippen LogP contribution is 2.06. The lowest BCUT2D eigenvalue weighted by Crippen LogP contribution is -2.49. The van der Waals surface area contributed by atoms with Crippen molar-refractivity contribution >= 4 is 17.8 Å². The lowest BCUT2D eigenvalue weighted by molar-refractivity contribution is -0.132. The lowest BCUT2D eigenvalue weighted by Gasteiger charge is -2.18. The van der Waals surface area contributed by atoms with Crippen LogP contribution in [0.25, 0.3) is 0 Å². The summed E-state index contributed by atoms with van der Waals surface area (Å²) < 4.78 is 15.9. The van der Waals surface area contributed by atoms with Crippen LogP contribution < -0.4 is 10.6 Å². The van der Waals surface area contributed by atoms with Gasteiger partial charge in [0.2, 0.25) is 5.91 Å². The van der Waals surface area contributed by atoms with Crippen molar-refractivity contribution in [3.8, 4) is 0 Å². The summed E-state index contributed by atoms with van der Waals surface area (Å²) in [6, 6.07) is 27.2. The third kappa shape index (κ3) is 10.1. The Morgan fingerprint density at radius 1 is 0.694 bits per heavy atom. The number of carbonyl (C=O) groups excluding carboxylic acids is 3. The summed E-state index contributed by atoms with van der Waals surface area (Å²) in [5.41, 5.74) is 2.68. The van der Waals surface area contributed by atoms with Crippen molar-refractivity contribution in [2.24, 2.45) is 0 Å². The molecular formula is C28H30N2O6. The summed E-state index contributed by atoms with van der Waals surface area (Å²) in [5.74, 6) is -0.819. The minimum absolute atomic E-state index is 0.0416. The van der Waals surface area contributed by atoms with Crippen LogP contribution in [0.1, 0.15) is 16.7 Å². The minimum atomic E-state index is -0.918. The maximum absolute atomic E-state index is 12.8. The molecule has 3 rings (SSSR count). The Morgan fingerprint density at radius 3 is 1.86 bits per heavy atom. The fraction of sp³-hybridized carbons (Fsp3) is 0.250. The molecule has 3 aromatic carbocycles. The predicted octanol–water partition coefficient (Wildman–Crippen LogP) is 3.40. The summed E-state index contributed by atoms with van der Waals surface area (Å²) in [7, 11) is 0. The van der Waals surface area contributed by atoms with Gasteiger partial charge >= 0.3 is 6.09 Å². The predicted molar refractivity (Wildman–Crippen MR) is 134 cm³/mol. The molecule has 2 N–H and O–H groups in total. The fourth-order valence-electron chi connectivity index (χ4n) is 3.27. The average molecular weight is 491 g/mol. The number of benzene rings is 3. The van der Waals surface area contributed by atoms with Crippen LogP contribution >= 0.6 is 0 Å². The number of rotatable bonds is 14. The van der Waals surface area contributed by atoms with E-state index < -0.39 is 18.0 Å². The smallest absolute Gasteiger partial charge is 0.408 e. The molecule has 0 spiro atoms. The first kappa shape index (κ1) is 26.6. The second-order valence-corrected chi connectivity index (χ2v) is 8.01. The molecule has 0 saturated heterocycles.